The highest BCUT2D eigenvalue weighted by Crippen LogP contribution is 2.34. The molecular weight excluding hydrogens is 424 g/mol. The molecule has 0 aliphatic carbocycles. The van der Waals surface area contributed by atoms with Crippen LogP contribution in [0.2, 0.25) is 0 Å². The van der Waals surface area contributed by atoms with Gasteiger partial charge in [0.25, 0.3) is 0 Å². The van der Waals surface area contributed by atoms with E-state index in [9.17, 15) is 9.90 Å². The summed E-state index contributed by atoms with van der Waals surface area (Å²) in [5, 5.41) is 10.6. The molecular formula is C26H32O7. The molecule has 178 valence electrons. The predicted octanol–water partition coefficient (Wildman–Crippen LogP) is 3.81. The van der Waals surface area contributed by atoms with Gasteiger partial charge in [-0.05, 0) is 24.6 Å². The topological polar surface area (TPSA) is 83.5 Å². The smallest absolute Gasteiger partial charge is 0.335 e. The van der Waals surface area contributed by atoms with Gasteiger partial charge in [0, 0.05) is 17.9 Å². The number of hydrogen-bond donors (Lipinski definition) is 1. The zero-order chi connectivity index (χ0) is 23.6. The van der Waals surface area contributed by atoms with Crippen LogP contribution in [0, 0.1) is 5.92 Å². The highest BCUT2D eigenvalue weighted by atomic mass is 16.7. The maximum absolute atomic E-state index is 12.2. The third-order valence-corrected chi connectivity index (χ3v) is 5.51. The summed E-state index contributed by atoms with van der Waals surface area (Å²) in [5.74, 6) is -0.556. The molecule has 1 aliphatic heterocycles. The third-order valence-electron chi connectivity index (χ3n) is 5.51. The molecule has 5 atom stereocenters. The Bertz CT molecular complexity index is 868. The molecule has 0 bridgehead atoms. The Balaban J connectivity index is 1.69. The van der Waals surface area contributed by atoms with Gasteiger partial charge in [-0.2, -0.15) is 0 Å². The standard InChI is InChI=1S/C26H32O7/c1-4-22(24(27)25(28)31-5-2)23-15-21(32-26(33-23)19-9-7-6-8-10-19)17-30-16-18-11-13-20(29-3)14-12-18/h4,6-14,21-24,26-27H,1,5,15-17H2,2-3H3/t21-,22-,23+,24?,26+/m0/s1. The maximum atomic E-state index is 12.2. The van der Waals surface area contributed by atoms with Gasteiger partial charge >= 0.3 is 5.97 Å². The highest BCUT2D eigenvalue weighted by molar-refractivity contribution is 5.75. The summed E-state index contributed by atoms with van der Waals surface area (Å²) < 4.78 is 28.4. The van der Waals surface area contributed by atoms with Gasteiger partial charge in [0.1, 0.15) is 5.75 Å². The Hall–Kier alpha value is -2.71. The summed E-state index contributed by atoms with van der Waals surface area (Å²) in [7, 11) is 1.63. The van der Waals surface area contributed by atoms with E-state index in [4.69, 9.17) is 23.7 Å². The number of aliphatic hydroxyl groups is 1. The van der Waals surface area contributed by atoms with Crippen molar-refractivity contribution >= 4 is 5.97 Å². The molecule has 0 radical (unpaired) electrons. The summed E-state index contributed by atoms with van der Waals surface area (Å²) in [5.41, 5.74) is 1.86. The quantitative estimate of drug-likeness (QED) is 0.407. The zero-order valence-electron chi connectivity index (χ0n) is 19.1. The lowest BCUT2D eigenvalue weighted by atomic mass is 9.91. The first-order valence-electron chi connectivity index (χ1n) is 11.1. The van der Waals surface area contributed by atoms with Crippen molar-refractivity contribution in [3.63, 3.8) is 0 Å². The monoisotopic (exact) mass is 456 g/mol. The van der Waals surface area contributed by atoms with Crippen LogP contribution in [0.15, 0.2) is 67.3 Å². The van der Waals surface area contributed by atoms with Gasteiger partial charge in [-0.1, -0.05) is 48.5 Å². The lowest BCUT2D eigenvalue weighted by Crippen LogP contribution is -2.45. The third kappa shape index (κ3) is 6.88. The molecule has 2 aromatic carbocycles. The average Bonchev–Trinajstić information content (AvgIpc) is 2.85. The van der Waals surface area contributed by atoms with E-state index in [-0.39, 0.29) is 12.7 Å². The minimum Gasteiger partial charge on any atom is -0.497 e. The van der Waals surface area contributed by atoms with Gasteiger partial charge in [-0.3, -0.25) is 0 Å². The van der Waals surface area contributed by atoms with Crippen LogP contribution in [0.4, 0.5) is 0 Å². The second-order valence-corrected chi connectivity index (χ2v) is 7.78. The van der Waals surface area contributed by atoms with E-state index in [0.717, 1.165) is 16.9 Å². The first kappa shape index (κ1) is 24.9. The molecule has 0 aromatic heterocycles. The lowest BCUT2D eigenvalue weighted by Gasteiger charge is -2.39. The molecule has 0 saturated carbocycles. The van der Waals surface area contributed by atoms with Crippen LogP contribution in [0.1, 0.15) is 30.8 Å². The molecule has 7 heteroatoms. The van der Waals surface area contributed by atoms with Crippen molar-refractivity contribution in [2.75, 3.05) is 20.3 Å². The van der Waals surface area contributed by atoms with Crippen LogP contribution >= 0.6 is 0 Å². The average molecular weight is 457 g/mol. The Kier molecular flexibility index (Phi) is 9.45. The van der Waals surface area contributed by atoms with Gasteiger partial charge in [0.2, 0.25) is 0 Å². The second-order valence-electron chi connectivity index (χ2n) is 7.78. The second kappa shape index (κ2) is 12.5. The maximum Gasteiger partial charge on any atom is 0.335 e. The molecule has 7 nitrogen and oxygen atoms in total. The number of methoxy groups -OCH3 is 1. The number of carbonyl (C=O) groups is 1. The van der Waals surface area contributed by atoms with Crippen LogP contribution in [0.25, 0.3) is 0 Å². The molecule has 1 unspecified atom stereocenters. The minimum absolute atomic E-state index is 0.183. The molecule has 2 aromatic rings. The Morgan fingerprint density at radius 1 is 1.18 bits per heavy atom. The first-order valence-corrected chi connectivity index (χ1v) is 11.1. The van der Waals surface area contributed by atoms with Gasteiger partial charge in [0.15, 0.2) is 12.4 Å². The number of esters is 1. The SMILES string of the molecule is C=C[C@H](C(O)C(=O)OCC)[C@H]1C[C@@H](COCc2ccc(OC)cc2)O[C@@H](c2ccccc2)O1. The van der Waals surface area contributed by atoms with Crippen LogP contribution in [0.3, 0.4) is 0 Å². The van der Waals surface area contributed by atoms with E-state index in [0.29, 0.717) is 19.6 Å². The number of benzene rings is 2. The largest absolute Gasteiger partial charge is 0.497 e. The minimum atomic E-state index is -1.37. The number of hydrogen-bond acceptors (Lipinski definition) is 7. The number of ether oxygens (including phenoxy) is 5. The van der Waals surface area contributed by atoms with Crippen molar-refractivity contribution in [1.82, 2.24) is 0 Å². The summed E-state index contributed by atoms with van der Waals surface area (Å²) in [6.45, 7) is 6.43. The van der Waals surface area contributed by atoms with E-state index in [1.165, 1.54) is 6.08 Å². The number of carbonyl (C=O) groups excluding carboxylic acids is 1. The van der Waals surface area contributed by atoms with Crippen molar-refractivity contribution in [2.45, 2.75) is 44.6 Å². The van der Waals surface area contributed by atoms with Crippen molar-refractivity contribution in [3.8, 4) is 5.75 Å². The molecule has 1 saturated heterocycles. The molecule has 1 N–H and O–H groups in total. The number of aliphatic hydroxyl groups excluding tert-OH is 1. The normalized spacial score (nSPS) is 22.2. The van der Waals surface area contributed by atoms with Gasteiger partial charge in [-0.15, -0.1) is 6.58 Å². The van der Waals surface area contributed by atoms with Crippen molar-refractivity contribution in [2.24, 2.45) is 5.92 Å². The lowest BCUT2D eigenvalue weighted by molar-refractivity contribution is -0.268. The Labute approximate surface area is 194 Å². The molecule has 1 fully saturated rings. The summed E-state index contributed by atoms with van der Waals surface area (Å²) in [6, 6.07) is 17.2. The summed E-state index contributed by atoms with van der Waals surface area (Å²) in [4.78, 5) is 12.2. The summed E-state index contributed by atoms with van der Waals surface area (Å²) in [6.07, 6.45) is -0.868. The Morgan fingerprint density at radius 2 is 1.91 bits per heavy atom. The first-order chi connectivity index (χ1) is 16.0. The van der Waals surface area contributed by atoms with Gasteiger partial charge in [0.05, 0.1) is 39.1 Å². The molecule has 33 heavy (non-hydrogen) atoms. The molecule has 3 rings (SSSR count). The predicted molar refractivity (Wildman–Crippen MR) is 123 cm³/mol. The fourth-order valence-electron chi connectivity index (χ4n) is 3.76. The highest BCUT2D eigenvalue weighted by Gasteiger charge is 2.39. The van der Waals surface area contributed by atoms with Gasteiger partial charge < -0.3 is 28.8 Å². The molecule has 1 aliphatic rings. The fraction of sp³-hybridized carbons (Fsp3) is 0.423. The van der Waals surface area contributed by atoms with Crippen LogP contribution in [-0.4, -0.2) is 49.7 Å². The van der Waals surface area contributed by atoms with Crippen LogP contribution in [-0.2, 0) is 30.3 Å². The summed E-state index contributed by atoms with van der Waals surface area (Å²) >= 11 is 0. The van der Waals surface area contributed by atoms with E-state index < -0.39 is 30.4 Å². The Morgan fingerprint density at radius 3 is 2.55 bits per heavy atom. The van der Waals surface area contributed by atoms with Gasteiger partial charge in [-0.25, -0.2) is 4.79 Å². The van der Waals surface area contributed by atoms with E-state index in [1.54, 1.807) is 14.0 Å². The van der Waals surface area contributed by atoms with E-state index in [1.807, 2.05) is 54.6 Å². The van der Waals surface area contributed by atoms with Crippen LogP contribution < -0.4 is 4.74 Å². The van der Waals surface area contributed by atoms with E-state index >= 15 is 0 Å². The number of rotatable bonds is 11. The van der Waals surface area contributed by atoms with Crippen molar-refractivity contribution < 1.29 is 33.6 Å². The van der Waals surface area contributed by atoms with Crippen LogP contribution in [0.5, 0.6) is 5.75 Å². The fourth-order valence-corrected chi connectivity index (χ4v) is 3.76. The zero-order valence-corrected chi connectivity index (χ0v) is 19.1. The molecule has 1 heterocycles. The van der Waals surface area contributed by atoms with Crippen molar-refractivity contribution in [3.05, 3.63) is 78.4 Å². The molecule has 0 spiro atoms. The van der Waals surface area contributed by atoms with Crippen molar-refractivity contribution in [1.29, 1.82) is 0 Å². The molecule has 0 amide bonds. The van der Waals surface area contributed by atoms with E-state index in [2.05, 4.69) is 6.58 Å².